The monoisotopic (exact) mass is 478 g/mol. The molecule has 0 aliphatic heterocycles. The van der Waals surface area contributed by atoms with Crippen molar-refractivity contribution in [1.29, 1.82) is 0 Å². The van der Waals surface area contributed by atoms with E-state index in [1.165, 1.54) is 11.1 Å². The van der Waals surface area contributed by atoms with E-state index < -0.39 is 19.5 Å². The Bertz CT molecular complexity index is 1050. The maximum Gasteiger partial charge on any atom is 0.309 e. The molecule has 182 valence electrons. The molecular formula is C29H38O4Si. The highest BCUT2D eigenvalue weighted by Crippen LogP contribution is 2.43. The molecule has 0 bridgehead atoms. The van der Waals surface area contributed by atoms with Crippen LogP contribution >= 0.6 is 0 Å². The Morgan fingerprint density at radius 2 is 1.88 bits per heavy atom. The molecule has 0 saturated carbocycles. The van der Waals surface area contributed by atoms with Crippen LogP contribution in [-0.4, -0.2) is 26.3 Å². The number of carboxylic acid groups (broad SMARTS) is 1. The third-order valence-electron chi connectivity index (χ3n) is 6.65. The summed E-state index contributed by atoms with van der Waals surface area (Å²) >= 11 is 0. The zero-order valence-electron chi connectivity index (χ0n) is 21.4. The van der Waals surface area contributed by atoms with Gasteiger partial charge in [0.1, 0.15) is 13.8 Å². The minimum atomic E-state index is -1.44. The Labute approximate surface area is 205 Å². The normalized spacial score (nSPS) is 16.4. The Balaban J connectivity index is 1.80. The first kappa shape index (κ1) is 26.1. The van der Waals surface area contributed by atoms with Gasteiger partial charge in [-0.05, 0) is 67.5 Å². The van der Waals surface area contributed by atoms with Gasteiger partial charge < -0.3 is 14.6 Å². The molecular weight excluding hydrogens is 440 g/mol. The number of hydrogen-bond donors (Lipinski definition) is 1. The average molecular weight is 479 g/mol. The number of rotatable bonds is 9. The van der Waals surface area contributed by atoms with Crippen LogP contribution < -0.4 is 4.74 Å². The SMILES string of the molecule is COc1ccc(COC2CCc3ccc(C(CCC#C[Si](C)(C)C)C(C)(C)C(=O)O)cc32)cc1. The number of hydrogen-bond acceptors (Lipinski definition) is 3. The topological polar surface area (TPSA) is 55.8 Å². The van der Waals surface area contributed by atoms with Crippen molar-refractivity contribution in [3.8, 4) is 17.2 Å². The molecule has 1 N–H and O–H groups in total. The summed E-state index contributed by atoms with van der Waals surface area (Å²) in [5.41, 5.74) is 7.21. The lowest BCUT2D eigenvalue weighted by Crippen LogP contribution is -2.31. The summed E-state index contributed by atoms with van der Waals surface area (Å²) in [6, 6.07) is 14.4. The molecule has 0 amide bonds. The molecule has 0 saturated heterocycles. The summed E-state index contributed by atoms with van der Waals surface area (Å²) in [5.74, 6) is 3.27. The zero-order chi connectivity index (χ0) is 24.9. The smallest absolute Gasteiger partial charge is 0.309 e. The maximum atomic E-state index is 12.2. The summed E-state index contributed by atoms with van der Waals surface area (Å²) in [4.78, 5) is 12.2. The van der Waals surface area contributed by atoms with Crippen LogP contribution in [0.4, 0.5) is 0 Å². The highest BCUT2D eigenvalue weighted by molar-refractivity contribution is 6.83. The lowest BCUT2D eigenvalue weighted by molar-refractivity contribution is -0.148. The molecule has 0 aromatic heterocycles. The Kier molecular flexibility index (Phi) is 8.28. The molecule has 2 unspecified atom stereocenters. The first-order chi connectivity index (χ1) is 16.0. The van der Waals surface area contributed by atoms with Gasteiger partial charge in [-0.2, -0.15) is 0 Å². The molecule has 2 aromatic rings. The van der Waals surface area contributed by atoms with E-state index in [2.05, 4.69) is 49.3 Å². The van der Waals surface area contributed by atoms with Crippen molar-refractivity contribution in [3.05, 3.63) is 64.7 Å². The van der Waals surface area contributed by atoms with Crippen LogP contribution in [0.1, 0.15) is 67.4 Å². The minimum Gasteiger partial charge on any atom is -0.497 e. The largest absolute Gasteiger partial charge is 0.497 e. The number of aryl methyl sites for hydroxylation is 1. The van der Waals surface area contributed by atoms with Crippen LogP contribution in [0.3, 0.4) is 0 Å². The van der Waals surface area contributed by atoms with Gasteiger partial charge in [0, 0.05) is 12.3 Å². The summed E-state index contributed by atoms with van der Waals surface area (Å²) in [7, 11) is 0.220. The number of fused-ring (bicyclic) bond motifs is 1. The standard InChI is InChI=1S/C29H38O4Si/c1-29(2,28(30)31)26(9-7-8-18-34(4,5)6)23-13-12-22-14-17-27(25(22)19-23)33-20-21-10-15-24(32-3)16-11-21/h10-13,15-16,19,26-27H,7,9,14,17,20H2,1-6H3,(H,30,31). The van der Waals surface area contributed by atoms with Crippen molar-refractivity contribution in [2.45, 2.75) is 77.8 Å². The summed E-state index contributed by atoms with van der Waals surface area (Å²) < 4.78 is 11.6. The van der Waals surface area contributed by atoms with Gasteiger partial charge >= 0.3 is 5.97 Å². The predicted molar refractivity (Wildman–Crippen MR) is 140 cm³/mol. The van der Waals surface area contributed by atoms with Crippen molar-refractivity contribution >= 4 is 14.0 Å². The van der Waals surface area contributed by atoms with Crippen LogP contribution in [0, 0.1) is 16.9 Å². The van der Waals surface area contributed by atoms with Gasteiger partial charge in [-0.3, -0.25) is 4.79 Å². The number of benzene rings is 2. The zero-order valence-corrected chi connectivity index (χ0v) is 22.4. The van der Waals surface area contributed by atoms with Crippen LogP contribution in [0.2, 0.25) is 19.6 Å². The number of ether oxygens (including phenoxy) is 2. The first-order valence-corrected chi connectivity index (χ1v) is 15.6. The fraction of sp³-hybridized carbons (Fsp3) is 0.483. The lowest BCUT2D eigenvalue weighted by atomic mass is 9.72. The number of carboxylic acids is 1. The van der Waals surface area contributed by atoms with E-state index in [0.29, 0.717) is 13.0 Å². The lowest BCUT2D eigenvalue weighted by Gasteiger charge is -2.31. The summed E-state index contributed by atoms with van der Waals surface area (Å²) in [6.45, 7) is 10.9. The molecule has 3 rings (SSSR count). The Morgan fingerprint density at radius 1 is 1.18 bits per heavy atom. The molecule has 1 aliphatic carbocycles. The van der Waals surface area contributed by atoms with Gasteiger partial charge in [-0.25, -0.2) is 0 Å². The summed E-state index contributed by atoms with van der Waals surface area (Å²) in [6.07, 6.45) is 3.39. The van der Waals surface area contributed by atoms with E-state index in [-0.39, 0.29) is 12.0 Å². The molecule has 0 radical (unpaired) electrons. The molecule has 34 heavy (non-hydrogen) atoms. The second-order valence-electron chi connectivity index (χ2n) is 10.8. The fourth-order valence-corrected chi connectivity index (χ4v) is 5.18. The molecule has 2 atom stereocenters. The van der Waals surface area contributed by atoms with Crippen LogP contribution in [0.15, 0.2) is 42.5 Å². The van der Waals surface area contributed by atoms with E-state index in [4.69, 9.17) is 9.47 Å². The van der Waals surface area contributed by atoms with Crippen molar-refractivity contribution in [2.24, 2.45) is 5.41 Å². The second kappa shape index (κ2) is 10.8. The van der Waals surface area contributed by atoms with E-state index in [1.807, 2.05) is 38.1 Å². The van der Waals surface area contributed by atoms with Crippen LogP contribution in [-0.2, 0) is 22.6 Å². The minimum absolute atomic E-state index is 0.0253. The molecule has 0 heterocycles. The fourth-order valence-electron chi connectivity index (χ4n) is 4.53. The Morgan fingerprint density at radius 3 is 2.50 bits per heavy atom. The third-order valence-corrected chi connectivity index (χ3v) is 7.58. The first-order valence-electron chi connectivity index (χ1n) is 12.1. The van der Waals surface area contributed by atoms with Gasteiger partial charge in [-0.15, -0.1) is 11.5 Å². The maximum absolute atomic E-state index is 12.2. The quantitative estimate of drug-likeness (QED) is 0.320. The van der Waals surface area contributed by atoms with Crippen molar-refractivity contribution < 1.29 is 19.4 Å². The number of carbonyl (C=O) groups is 1. The van der Waals surface area contributed by atoms with E-state index in [9.17, 15) is 9.90 Å². The molecule has 0 fully saturated rings. The van der Waals surface area contributed by atoms with Crippen molar-refractivity contribution in [3.63, 3.8) is 0 Å². The average Bonchev–Trinajstić information content (AvgIpc) is 3.19. The van der Waals surface area contributed by atoms with E-state index >= 15 is 0 Å². The van der Waals surface area contributed by atoms with Gasteiger partial charge in [0.2, 0.25) is 0 Å². The molecule has 4 nitrogen and oxygen atoms in total. The van der Waals surface area contributed by atoms with Gasteiger partial charge in [0.05, 0.1) is 25.2 Å². The third kappa shape index (κ3) is 6.52. The van der Waals surface area contributed by atoms with Crippen LogP contribution in [0.5, 0.6) is 5.75 Å². The predicted octanol–water partition coefficient (Wildman–Crippen LogP) is 6.75. The van der Waals surface area contributed by atoms with Crippen LogP contribution in [0.25, 0.3) is 0 Å². The number of methoxy groups -OCH3 is 1. The molecule has 5 heteroatoms. The Hall–Kier alpha value is -2.55. The van der Waals surface area contributed by atoms with Gasteiger partial charge in [-0.1, -0.05) is 50.0 Å². The number of aliphatic carboxylic acids is 1. The second-order valence-corrected chi connectivity index (χ2v) is 15.6. The van der Waals surface area contributed by atoms with Gasteiger partial charge in [0.25, 0.3) is 0 Å². The van der Waals surface area contributed by atoms with E-state index in [1.54, 1.807) is 7.11 Å². The highest BCUT2D eigenvalue weighted by Gasteiger charge is 2.38. The molecule has 2 aromatic carbocycles. The van der Waals surface area contributed by atoms with Crippen molar-refractivity contribution in [1.82, 2.24) is 0 Å². The van der Waals surface area contributed by atoms with E-state index in [0.717, 1.165) is 36.1 Å². The van der Waals surface area contributed by atoms with Gasteiger partial charge in [0.15, 0.2) is 0 Å². The highest BCUT2D eigenvalue weighted by atomic mass is 28.3. The van der Waals surface area contributed by atoms with Crippen molar-refractivity contribution in [2.75, 3.05) is 7.11 Å². The molecule has 1 aliphatic rings. The molecule has 0 spiro atoms. The summed E-state index contributed by atoms with van der Waals surface area (Å²) in [5, 5.41) is 9.99.